The molecule has 1 unspecified atom stereocenters. The first-order valence-corrected chi connectivity index (χ1v) is 8.75. The largest absolute Gasteiger partial charge is 0.369 e. The molecule has 1 saturated carbocycles. The third-order valence-corrected chi connectivity index (χ3v) is 5.08. The molecule has 4 nitrogen and oxygen atoms in total. The Morgan fingerprint density at radius 1 is 1.42 bits per heavy atom. The number of rotatable bonds is 4. The second kappa shape index (κ2) is 5.97. The summed E-state index contributed by atoms with van der Waals surface area (Å²) in [7, 11) is 0. The van der Waals surface area contributed by atoms with Gasteiger partial charge in [0, 0.05) is 24.0 Å². The van der Waals surface area contributed by atoms with Crippen molar-refractivity contribution in [3.05, 3.63) is 16.0 Å². The summed E-state index contributed by atoms with van der Waals surface area (Å²) in [5.41, 5.74) is 1.15. The van der Waals surface area contributed by atoms with Gasteiger partial charge in [0.2, 0.25) is 0 Å². The van der Waals surface area contributed by atoms with Gasteiger partial charge in [-0.05, 0) is 35.7 Å². The Bertz CT molecular complexity index is 461. The van der Waals surface area contributed by atoms with Gasteiger partial charge in [-0.3, -0.25) is 0 Å². The monoisotopic (exact) mass is 343 g/mol. The fourth-order valence-corrected chi connectivity index (χ4v) is 3.66. The van der Waals surface area contributed by atoms with E-state index in [4.69, 9.17) is 9.72 Å². The number of halogens is 1. The van der Waals surface area contributed by atoms with Crippen molar-refractivity contribution in [1.82, 2.24) is 9.97 Å². The number of thioether (sulfide) groups is 1. The zero-order valence-electron chi connectivity index (χ0n) is 11.0. The molecular weight excluding hydrogens is 326 g/mol. The van der Waals surface area contributed by atoms with Gasteiger partial charge in [0.25, 0.3) is 0 Å². The van der Waals surface area contributed by atoms with Crippen molar-refractivity contribution in [3.8, 4) is 0 Å². The van der Waals surface area contributed by atoms with Crippen molar-refractivity contribution in [1.29, 1.82) is 0 Å². The van der Waals surface area contributed by atoms with Crippen LogP contribution in [0.25, 0.3) is 0 Å². The molecule has 0 amide bonds. The third-order valence-electron chi connectivity index (χ3n) is 3.31. The molecule has 2 aliphatic rings. The zero-order valence-corrected chi connectivity index (χ0v) is 13.4. The maximum atomic E-state index is 5.80. The molecule has 2 fully saturated rings. The third kappa shape index (κ3) is 3.06. The van der Waals surface area contributed by atoms with Crippen LogP contribution in [0, 0.1) is 0 Å². The molecule has 1 atom stereocenters. The molecule has 2 heterocycles. The van der Waals surface area contributed by atoms with Crippen LogP contribution in [0.1, 0.15) is 43.3 Å². The lowest BCUT2D eigenvalue weighted by molar-refractivity contribution is 0.0693. The Morgan fingerprint density at radius 3 is 2.89 bits per heavy atom. The van der Waals surface area contributed by atoms with E-state index in [1.165, 1.54) is 12.8 Å². The number of ether oxygens (including phenoxy) is 1. The Balaban J connectivity index is 1.93. The lowest BCUT2D eigenvalue weighted by Gasteiger charge is -2.22. The molecule has 1 aromatic heterocycles. The summed E-state index contributed by atoms with van der Waals surface area (Å²) in [6.45, 7) is 3.74. The molecule has 3 rings (SSSR count). The van der Waals surface area contributed by atoms with Gasteiger partial charge < -0.3 is 10.1 Å². The molecule has 0 spiro atoms. The SMILES string of the molecule is CCNc1nc(C2CSCCO2)nc(C2CC2)c1Br. The Hall–Kier alpha value is -0.330. The molecule has 0 aromatic carbocycles. The fraction of sp³-hybridized carbons (Fsp3) is 0.692. The predicted molar refractivity (Wildman–Crippen MR) is 81.9 cm³/mol. The van der Waals surface area contributed by atoms with Crippen molar-refractivity contribution in [2.75, 3.05) is 30.0 Å². The Morgan fingerprint density at radius 2 is 2.26 bits per heavy atom. The molecule has 0 bridgehead atoms. The Kier molecular flexibility index (Phi) is 4.29. The van der Waals surface area contributed by atoms with Crippen LogP contribution in [0.15, 0.2) is 4.47 Å². The van der Waals surface area contributed by atoms with Crippen LogP contribution in [0.2, 0.25) is 0 Å². The molecule has 6 heteroatoms. The number of nitrogens with one attached hydrogen (secondary N) is 1. The smallest absolute Gasteiger partial charge is 0.160 e. The molecule has 0 radical (unpaired) electrons. The molecule has 1 N–H and O–H groups in total. The summed E-state index contributed by atoms with van der Waals surface area (Å²) in [4.78, 5) is 9.41. The summed E-state index contributed by atoms with van der Waals surface area (Å²) in [5, 5.41) is 3.32. The van der Waals surface area contributed by atoms with E-state index in [1.807, 2.05) is 11.8 Å². The number of hydrogen-bond donors (Lipinski definition) is 1. The lowest BCUT2D eigenvalue weighted by Crippen LogP contribution is -2.19. The predicted octanol–water partition coefficient (Wildman–Crippen LogP) is 3.35. The first-order valence-electron chi connectivity index (χ1n) is 6.80. The molecule has 19 heavy (non-hydrogen) atoms. The highest BCUT2D eigenvalue weighted by Gasteiger charge is 2.31. The first-order chi connectivity index (χ1) is 9.29. The zero-order chi connectivity index (χ0) is 13.2. The van der Waals surface area contributed by atoms with Gasteiger partial charge in [0.15, 0.2) is 5.82 Å². The highest BCUT2D eigenvalue weighted by molar-refractivity contribution is 9.10. The van der Waals surface area contributed by atoms with E-state index in [1.54, 1.807) is 0 Å². The molecule has 1 aromatic rings. The number of hydrogen-bond acceptors (Lipinski definition) is 5. The van der Waals surface area contributed by atoms with Crippen LogP contribution >= 0.6 is 27.7 Å². The summed E-state index contributed by atoms with van der Waals surface area (Å²) in [6, 6.07) is 0. The molecule has 1 aliphatic heterocycles. The number of anilines is 1. The average Bonchev–Trinajstić information content (AvgIpc) is 3.27. The van der Waals surface area contributed by atoms with E-state index < -0.39 is 0 Å². The van der Waals surface area contributed by atoms with Crippen LogP contribution in [0.4, 0.5) is 5.82 Å². The minimum Gasteiger partial charge on any atom is -0.369 e. The van der Waals surface area contributed by atoms with E-state index in [0.717, 1.165) is 46.5 Å². The summed E-state index contributed by atoms with van der Waals surface area (Å²) >= 11 is 5.56. The molecule has 104 valence electrons. The average molecular weight is 344 g/mol. The number of aromatic nitrogens is 2. The minimum atomic E-state index is 0.0433. The second-order valence-electron chi connectivity index (χ2n) is 4.87. The van der Waals surface area contributed by atoms with Crippen LogP contribution < -0.4 is 5.32 Å². The molecular formula is C13H18BrN3OS. The van der Waals surface area contributed by atoms with Crippen LogP contribution in [-0.2, 0) is 4.74 Å². The van der Waals surface area contributed by atoms with Crippen molar-refractivity contribution in [2.45, 2.75) is 31.8 Å². The van der Waals surface area contributed by atoms with Crippen molar-refractivity contribution in [2.24, 2.45) is 0 Å². The van der Waals surface area contributed by atoms with Crippen molar-refractivity contribution < 1.29 is 4.74 Å². The number of nitrogens with zero attached hydrogens (tertiary/aromatic N) is 2. The maximum Gasteiger partial charge on any atom is 0.160 e. The first kappa shape index (κ1) is 13.6. The minimum absolute atomic E-state index is 0.0433. The van der Waals surface area contributed by atoms with E-state index in [-0.39, 0.29) is 6.10 Å². The fourth-order valence-electron chi connectivity index (χ4n) is 2.18. The molecule has 1 aliphatic carbocycles. The van der Waals surface area contributed by atoms with Crippen LogP contribution in [0.3, 0.4) is 0 Å². The van der Waals surface area contributed by atoms with E-state index in [2.05, 4.69) is 33.2 Å². The van der Waals surface area contributed by atoms with Crippen LogP contribution in [-0.4, -0.2) is 34.6 Å². The van der Waals surface area contributed by atoms with E-state index in [9.17, 15) is 0 Å². The second-order valence-corrected chi connectivity index (χ2v) is 6.81. The van der Waals surface area contributed by atoms with Gasteiger partial charge in [0.05, 0.1) is 16.8 Å². The standard InChI is InChI=1S/C13H18BrN3OS/c1-2-15-13-10(14)11(8-3-4-8)16-12(17-13)9-7-19-6-5-18-9/h8-9H,2-7H2,1H3,(H,15,16,17). The Labute approximate surface area is 126 Å². The van der Waals surface area contributed by atoms with Crippen LogP contribution in [0.5, 0.6) is 0 Å². The summed E-state index contributed by atoms with van der Waals surface area (Å²) in [5.74, 6) is 4.38. The van der Waals surface area contributed by atoms with Crippen molar-refractivity contribution in [3.63, 3.8) is 0 Å². The maximum absolute atomic E-state index is 5.80. The van der Waals surface area contributed by atoms with E-state index in [0.29, 0.717) is 5.92 Å². The van der Waals surface area contributed by atoms with Gasteiger partial charge in [-0.2, -0.15) is 11.8 Å². The van der Waals surface area contributed by atoms with Gasteiger partial charge in [-0.1, -0.05) is 0 Å². The highest BCUT2D eigenvalue weighted by Crippen LogP contribution is 2.44. The van der Waals surface area contributed by atoms with E-state index >= 15 is 0 Å². The lowest BCUT2D eigenvalue weighted by atomic mass is 10.2. The molecule has 1 saturated heterocycles. The van der Waals surface area contributed by atoms with Crippen molar-refractivity contribution >= 4 is 33.5 Å². The topological polar surface area (TPSA) is 47.0 Å². The summed E-state index contributed by atoms with van der Waals surface area (Å²) < 4.78 is 6.83. The van der Waals surface area contributed by atoms with Gasteiger partial charge in [0.1, 0.15) is 11.9 Å². The van der Waals surface area contributed by atoms with Gasteiger partial charge >= 0.3 is 0 Å². The van der Waals surface area contributed by atoms with Gasteiger partial charge in [-0.15, -0.1) is 0 Å². The summed E-state index contributed by atoms with van der Waals surface area (Å²) in [6.07, 6.45) is 2.52. The quantitative estimate of drug-likeness (QED) is 0.908. The van der Waals surface area contributed by atoms with Gasteiger partial charge in [-0.25, -0.2) is 9.97 Å². The normalized spacial score (nSPS) is 23.4. The highest BCUT2D eigenvalue weighted by atomic mass is 79.9.